The number of fused-ring (bicyclic) bond motifs is 3. The number of alkyl carbamates (subject to hydrolysis) is 2. The highest BCUT2D eigenvalue weighted by Crippen LogP contribution is 2.45. The molecule has 2 aliphatic heterocycles. The number of benzene rings is 2. The highest BCUT2D eigenvalue weighted by molar-refractivity contribution is 5.96. The number of carboxylic acids is 1. The average Bonchev–Trinajstić information content (AvgIpc) is 3.72. The standard InChI is InChI=1S/C42H51N5O9/c1-5-28-24-42(28,38(50)51)46-36(48)34-22-29-25-47(34)37(49)32(16-12-19-43-39(52)56-41(2,3)4)45-40(53)54-20-11-7-8-13-26-17-18-31-30(21-26)35(55-29)23-33(44-31)27-14-9-6-10-15-27/h5-6,9-10,14-15,17-18,21,23,28-29,32,34H,1,7-8,11-13,16,19-20,22,24-25H2,2-4H3,(H,43,52)(H,45,53)(H,46,48)(H,50,51)/t28-,29-,32+,34+,42-/m1/s1. The Morgan fingerprint density at radius 3 is 2.61 bits per heavy atom. The van der Waals surface area contributed by atoms with Crippen LogP contribution in [0.3, 0.4) is 0 Å². The maximum absolute atomic E-state index is 14.5. The van der Waals surface area contributed by atoms with E-state index in [-0.39, 0.29) is 45.4 Å². The number of nitrogens with one attached hydrogen (secondary N) is 3. The number of aromatic nitrogens is 1. The lowest BCUT2D eigenvalue weighted by Gasteiger charge is -2.29. The normalized spacial score (nSPS) is 24.2. The minimum atomic E-state index is -1.53. The van der Waals surface area contributed by atoms with Crippen molar-refractivity contribution in [2.45, 2.75) is 101 Å². The molecule has 3 heterocycles. The molecule has 1 saturated carbocycles. The predicted octanol–water partition coefficient (Wildman–Crippen LogP) is 5.52. The summed E-state index contributed by atoms with van der Waals surface area (Å²) in [6.45, 7) is 9.23. The van der Waals surface area contributed by atoms with Gasteiger partial charge in [-0.15, -0.1) is 6.58 Å². The maximum atomic E-state index is 14.5. The van der Waals surface area contributed by atoms with Crippen molar-refractivity contribution in [2.75, 3.05) is 19.7 Å². The van der Waals surface area contributed by atoms with E-state index in [2.05, 4.69) is 28.6 Å². The number of pyridine rings is 1. The van der Waals surface area contributed by atoms with Crippen molar-refractivity contribution in [3.05, 3.63) is 72.8 Å². The zero-order valence-corrected chi connectivity index (χ0v) is 32.2. The molecule has 4 amide bonds. The first-order valence-corrected chi connectivity index (χ1v) is 19.3. The highest BCUT2D eigenvalue weighted by atomic mass is 16.6. The van der Waals surface area contributed by atoms with E-state index in [0.717, 1.165) is 41.3 Å². The molecule has 1 aliphatic carbocycles. The zero-order chi connectivity index (χ0) is 40.0. The third kappa shape index (κ3) is 9.58. The number of hydrogen-bond donors (Lipinski definition) is 4. The molecule has 1 aromatic heterocycles. The Bertz CT molecular complexity index is 1960. The maximum Gasteiger partial charge on any atom is 0.407 e. The van der Waals surface area contributed by atoms with Crippen molar-refractivity contribution < 1.29 is 43.3 Å². The van der Waals surface area contributed by atoms with Gasteiger partial charge in [0, 0.05) is 35.9 Å². The Hall–Kier alpha value is -5.66. The van der Waals surface area contributed by atoms with E-state index in [1.54, 1.807) is 20.8 Å². The molecular weight excluding hydrogens is 718 g/mol. The lowest BCUT2D eigenvalue weighted by atomic mass is 10.0. The van der Waals surface area contributed by atoms with E-state index < -0.39 is 65.2 Å². The van der Waals surface area contributed by atoms with Crippen LogP contribution in [-0.2, 0) is 30.3 Å². The lowest BCUT2D eigenvalue weighted by Crippen LogP contribution is -2.56. The van der Waals surface area contributed by atoms with Gasteiger partial charge in [-0.05, 0) is 83.4 Å². The molecule has 2 aromatic carbocycles. The fraction of sp³-hybridized carbons (Fsp3) is 0.476. The molecule has 4 N–H and O–H groups in total. The van der Waals surface area contributed by atoms with E-state index in [1.165, 1.54) is 11.0 Å². The van der Waals surface area contributed by atoms with Crippen LogP contribution in [0.15, 0.2) is 67.3 Å². The quantitative estimate of drug-likeness (QED) is 0.160. The molecule has 2 fully saturated rings. The Balaban J connectivity index is 1.33. The van der Waals surface area contributed by atoms with Crippen molar-refractivity contribution in [3.8, 4) is 17.0 Å². The summed E-state index contributed by atoms with van der Waals surface area (Å²) in [5.41, 5.74) is 1.16. The molecule has 5 atom stereocenters. The van der Waals surface area contributed by atoms with E-state index in [9.17, 15) is 29.1 Å². The first-order valence-electron chi connectivity index (χ1n) is 19.3. The van der Waals surface area contributed by atoms with Gasteiger partial charge in [0.1, 0.15) is 35.1 Å². The van der Waals surface area contributed by atoms with Crippen LogP contribution in [0.5, 0.6) is 5.75 Å². The largest absolute Gasteiger partial charge is 0.488 e. The topological polar surface area (TPSA) is 185 Å². The van der Waals surface area contributed by atoms with Gasteiger partial charge in [0.25, 0.3) is 0 Å². The van der Waals surface area contributed by atoms with Gasteiger partial charge in [0.15, 0.2) is 0 Å². The summed E-state index contributed by atoms with van der Waals surface area (Å²) in [6, 6.07) is 15.4. The molecule has 56 heavy (non-hydrogen) atoms. The zero-order valence-electron chi connectivity index (χ0n) is 32.2. The van der Waals surface area contributed by atoms with Crippen LogP contribution in [0.25, 0.3) is 22.2 Å². The van der Waals surface area contributed by atoms with Crippen molar-refractivity contribution in [1.29, 1.82) is 0 Å². The van der Waals surface area contributed by atoms with Gasteiger partial charge >= 0.3 is 18.2 Å². The number of aryl methyl sites for hydroxylation is 1. The minimum Gasteiger partial charge on any atom is -0.488 e. The van der Waals surface area contributed by atoms with Crippen LogP contribution in [0.4, 0.5) is 9.59 Å². The molecule has 6 rings (SSSR count). The number of carbonyl (C=O) groups is 5. The fourth-order valence-corrected chi connectivity index (χ4v) is 7.35. The van der Waals surface area contributed by atoms with Crippen molar-refractivity contribution in [3.63, 3.8) is 0 Å². The third-order valence-corrected chi connectivity index (χ3v) is 10.3. The number of aliphatic carboxylic acids is 1. The summed E-state index contributed by atoms with van der Waals surface area (Å²) in [7, 11) is 0. The first-order chi connectivity index (χ1) is 26.8. The average molecular weight is 770 g/mol. The van der Waals surface area contributed by atoms with Gasteiger partial charge < -0.3 is 40.2 Å². The summed E-state index contributed by atoms with van der Waals surface area (Å²) in [4.78, 5) is 72.7. The van der Waals surface area contributed by atoms with Crippen molar-refractivity contribution >= 4 is 40.9 Å². The molecular formula is C42H51N5O9. The number of cyclic esters (lactones) is 1. The van der Waals surface area contributed by atoms with Gasteiger partial charge in [0.2, 0.25) is 11.8 Å². The number of rotatable bonds is 9. The number of ether oxygens (including phenoxy) is 3. The van der Waals surface area contributed by atoms with Crippen LogP contribution < -0.4 is 20.7 Å². The van der Waals surface area contributed by atoms with Crippen LogP contribution in [0.2, 0.25) is 0 Å². The van der Waals surface area contributed by atoms with Crippen molar-refractivity contribution in [1.82, 2.24) is 25.8 Å². The Kier molecular flexibility index (Phi) is 12.2. The Morgan fingerprint density at radius 2 is 1.89 bits per heavy atom. The van der Waals surface area contributed by atoms with E-state index in [1.807, 2.05) is 48.5 Å². The van der Waals surface area contributed by atoms with E-state index in [4.69, 9.17) is 19.2 Å². The van der Waals surface area contributed by atoms with Gasteiger partial charge in [-0.1, -0.05) is 42.5 Å². The second-order valence-electron chi connectivity index (χ2n) is 15.7. The summed E-state index contributed by atoms with van der Waals surface area (Å²) in [6.07, 6.45) is 3.05. The third-order valence-electron chi connectivity index (χ3n) is 10.3. The molecule has 4 bridgehead atoms. The fourth-order valence-electron chi connectivity index (χ4n) is 7.35. The summed E-state index contributed by atoms with van der Waals surface area (Å²) in [5, 5.41) is 19.0. The molecule has 1 saturated heterocycles. The molecule has 0 radical (unpaired) electrons. The first kappa shape index (κ1) is 40.0. The SMILES string of the molecule is C=C[C@@H]1C[C@]1(NC(=O)[C@@H]1C[C@@H]2CN1C(=O)[C@H](CCCNC(=O)OC(C)(C)C)NC(=O)OCCCCCc1ccc3nc(-c4ccccc4)cc(c3c1)O2)C(=O)O. The minimum absolute atomic E-state index is 0.0323. The summed E-state index contributed by atoms with van der Waals surface area (Å²) >= 11 is 0. The smallest absolute Gasteiger partial charge is 0.407 e. The van der Waals surface area contributed by atoms with Gasteiger partial charge in [-0.3, -0.25) is 9.59 Å². The Labute approximate surface area is 326 Å². The second-order valence-corrected chi connectivity index (χ2v) is 15.7. The van der Waals surface area contributed by atoms with Crippen LogP contribution in [0.1, 0.15) is 71.3 Å². The van der Waals surface area contributed by atoms with Gasteiger partial charge in [-0.25, -0.2) is 19.4 Å². The molecule has 0 unspecified atom stereocenters. The van der Waals surface area contributed by atoms with Gasteiger partial charge in [-0.2, -0.15) is 0 Å². The second kappa shape index (κ2) is 17.0. The molecule has 14 heteroatoms. The Morgan fingerprint density at radius 1 is 1.11 bits per heavy atom. The van der Waals surface area contributed by atoms with Crippen LogP contribution in [0, 0.1) is 5.92 Å². The van der Waals surface area contributed by atoms with Crippen molar-refractivity contribution in [2.24, 2.45) is 5.92 Å². The molecule has 298 valence electrons. The monoisotopic (exact) mass is 769 g/mol. The van der Waals surface area contributed by atoms with E-state index in [0.29, 0.717) is 17.9 Å². The summed E-state index contributed by atoms with van der Waals surface area (Å²) < 4.78 is 17.5. The predicted molar refractivity (Wildman–Crippen MR) is 208 cm³/mol. The molecule has 3 aliphatic rings. The lowest BCUT2D eigenvalue weighted by molar-refractivity contribution is -0.145. The number of carbonyl (C=O) groups excluding carboxylic acids is 4. The molecule has 14 nitrogen and oxygen atoms in total. The van der Waals surface area contributed by atoms with E-state index >= 15 is 0 Å². The van der Waals surface area contributed by atoms with Crippen LogP contribution in [-0.4, -0.2) is 94.0 Å². The molecule has 3 aromatic rings. The number of amides is 4. The van der Waals surface area contributed by atoms with Crippen LogP contribution >= 0.6 is 0 Å². The number of hydrogen-bond acceptors (Lipinski definition) is 9. The van der Waals surface area contributed by atoms with Gasteiger partial charge in [0.05, 0.1) is 24.4 Å². The molecule has 0 spiro atoms. The number of carboxylic acid groups (broad SMARTS) is 1. The number of nitrogens with zero attached hydrogens (tertiary/aromatic N) is 2. The summed E-state index contributed by atoms with van der Waals surface area (Å²) in [5.74, 6) is -2.35. The highest BCUT2D eigenvalue weighted by Gasteiger charge is 2.61.